The molecule has 1 amide bonds. The third kappa shape index (κ3) is 5.22. The monoisotopic (exact) mass is 321 g/mol. The van der Waals surface area contributed by atoms with Gasteiger partial charge in [0.15, 0.2) is 11.6 Å². The van der Waals surface area contributed by atoms with Crippen LogP contribution >= 0.6 is 0 Å². The molecule has 0 spiro atoms. The average Bonchev–Trinajstić information content (AvgIpc) is 2.46. The minimum absolute atomic E-state index is 0.00237. The van der Waals surface area contributed by atoms with E-state index >= 15 is 0 Å². The van der Waals surface area contributed by atoms with Crippen molar-refractivity contribution in [3.05, 3.63) is 29.6 Å². The molecule has 6 heteroatoms. The van der Waals surface area contributed by atoms with E-state index in [4.69, 9.17) is 4.74 Å². The van der Waals surface area contributed by atoms with E-state index in [2.05, 4.69) is 11.4 Å². The van der Waals surface area contributed by atoms with Gasteiger partial charge in [-0.3, -0.25) is 9.69 Å². The Hall–Kier alpha value is -2.13. The van der Waals surface area contributed by atoms with Crippen LogP contribution in [-0.2, 0) is 11.3 Å². The summed E-state index contributed by atoms with van der Waals surface area (Å²) in [7, 11) is 3.18. The molecule has 0 aliphatic rings. The molecule has 5 nitrogen and oxygen atoms in total. The predicted molar refractivity (Wildman–Crippen MR) is 86.3 cm³/mol. The van der Waals surface area contributed by atoms with Crippen molar-refractivity contribution in [2.24, 2.45) is 5.92 Å². The zero-order chi connectivity index (χ0) is 17.6. The summed E-state index contributed by atoms with van der Waals surface area (Å²) < 4.78 is 18.5. The molecule has 0 saturated carbocycles. The van der Waals surface area contributed by atoms with Crippen LogP contribution in [0.2, 0.25) is 0 Å². The Kier molecular flexibility index (Phi) is 6.52. The number of rotatable bonds is 7. The minimum atomic E-state index is -0.899. The molecule has 1 unspecified atom stereocenters. The molecule has 126 valence electrons. The number of nitrogens with zero attached hydrogens (tertiary/aromatic N) is 2. The molecule has 0 aliphatic carbocycles. The normalized spacial score (nSPS) is 13.5. The standard InChI is InChI=1S/C17H24FN3O2/c1-12(2)17(3,11-19)20-16(22)10-21(4)9-13-6-7-15(23-5)14(18)8-13/h6-8,12H,9-10H2,1-5H3,(H,20,22). The SMILES string of the molecule is COc1ccc(CN(C)CC(=O)NC(C)(C#N)C(C)C)cc1F. The molecule has 1 aromatic rings. The van der Waals surface area contributed by atoms with Crippen LogP contribution in [0, 0.1) is 23.1 Å². The minimum Gasteiger partial charge on any atom is -0.494 e. The highest BCUT2D eigenvalue weighted by molar-refractivity contribution is 5.79. The maximum absolute atomic E-state index is 13.7. The summed E-state index contributed by atoms with van der Waals surface area (Å²) in [6.07, 6.45) is 0. The Morgan fingerprint density at radius 2 is 2.17 bits per heavy atom. The number of benzene rings is 1. The lowest BCUT2D eigenvalue weighted by Crippen LogP contribution is -2.51. The molecular formula is C17H24FN3O2. The van der Waals surface area contributed by atoms with Crippen molar-refractivity contribution < 1.29 is 13.9 Å². The molecule has 0 aromatic heterocycles. The van der Waals surface area contributed by atoms with Crippen LogP contribution in [-0.4, -0.2) is 37.0 Å². The lowest BCUT2D eigenvalue weighted by atomic mass is 9.90. The number of nitriles is 1. The number of nitrogens with one attached hydrogen (secondary N) is 1. The molecule has 1 aromatic carbocycles. The summed E-state index contributed by atoms with van der Waals surface area (Å²) in [5.41, 5.74) is -0.157. The molecule has 0 aliphatic heterocycles. The summed E-state index contributed by atoms with van der Waals surface area (Å²) >= 11 is 0. The van der Waals surface area contributed by atoms with E-state index < -0.39 is 11.4 Å². The van der Waals surface area contributed by atoms with E-state index in [9.17, 15) is 14.4 Å². The van der Waals surface area contributed by atoms with Gasteiger partial charge in [-0.2, -0.15) is 5.26 Å². The Bertz CT molecular complexity index is 598. The number of amides is 1. The highest BCUT2D eigenvalue weighted by Crippen LogP contribution is 2.18. The summed E-state index contributed by atoms with van der Waals surface area (Å²) in [5, 5.41) is 12.0. The van der Waals surface area contributed by atoms with Crippen LogP contribution in [0.4, 0.5) is 4.39 Å². The lowest BCUT2D eigenvalue weighted by Gasteiger charge is -2.28. The maximum atomic E-state index is 13.7. The van der Waals surface area contributed by atoms with Crippen molar-refractivity contribution in [1.29, 1.82) is 5.26 Å². The van der Waals surface area contributed by atoms with Gasteiger partial charge in [0, 0.05) is 6.54 Å². The smallest absolute Gasteiger partial charge is 0.235 e. The molecule has 1 rings (SSSR count). The van der Waals surface area contributed by atoms with Crippen molar-refractivity contribution >= 4 is 5.91 Å². The van der Waals surface area contributed by atoms with Gasteiger partial charge in [0.05, 0.1) is 19.7 Å². The first-order valence-electron chi connectivity index (χ1n) is 7.45. The van der Waals surface area contributed by atoms with Crippen molar-refractivity contribution in [3.63, 3.8) is 0 Å². The summed E-state index contributed by atoms with van der Waals surface area (Å²) in [6, 6.07) is 6.84. The van der Waals surface area contributed by atoms with E-state index in [0.29, 0.717) is 6.54 Å². The van der Waals surface area contributed by atoms with E-state index in [1.807, 2.05) is 13.8 Å². The first kappa shape index (κ1) is 18.9. The quantitative estimate of drug-likeness (QED) is 0.837. The topological polar surface area (TPSA) is 65.4 Å². The molecule has 0 fully saturated rings. The number of ether oxygens (including phenoxy) is 1. The molecular weight excluding hydrogens is 297 g/mol. The number of halogens is 1. The average molecular weight is 321 g/mol. The molecule has 1 atom stereocenters. The lowest BCUT2D eigenvalue weighted by molar-refractivity contribution is -0.123. The summed E-state index contributed by atoms with van der Waals surface area (Å²) in [6.45, 7) is 6.01. The largest absolute Gasteiger partial charge is 0.494 e. The van der Waals surface area contributed by atoms with Crippen LogP contribution in [0.25, 0.3) is 0 Å². The number of carbonyl (C=O) groups excluding carboxylic acids is 1. The van der Waals surface area contributed by atoms with Gasteiger partial charge in [-0.05, 0) is 37.6 Å². The second-order valence-corrected chi connectivity index (χ2v) is 6.16. The maximum Gasteiger partial charge on any atom is 0.235 e. The molecule has 0 radical (unpaired) electrons. The highest BCUT2D eigenvalue weighted by Gasteiger charge is 2.30. The zero-order valence-corrected chi connectivity index (χ0v) is 14.3. The van der Waals surface area contributed by atoms with E-state index in [-0.39, 0.29) is 24.1 Å². The van der Waals surface area contributed by atoms with Crippen molar-refractivity contribution in [1.82, 2.24) is 10.2 Å². The fourth-order valence-corrected chi connectivity index (χ4v) is 2.05. The second-order valence-electron chi connectivity index (χ2n) is 6.16. The predicted octanol–water partition coefficient (Wildman–Crippen LogP) is 2.32. The third-order valence-electron chi connectivity index (χ3n) is 3.87. The Morgan fingerprint density at radius 1 is 1.52 bits per heavy atom. The molecule has 0 saturated heterocycles. The van der Waals surface area contributed by atoms with Gasteiger partial charge in [-0.15, -0.1) is 0 Å². The zero-order valence-electron chi connectivity index (χ0n) is 14.3. The Balaban J connectivity index is 2.63. The van der Waals surface area contributed by atoms with E-state index in [0.717, 1.165) is 5.56 Å². The van der Waals surface area contributed by atoms with Crippen LogP contribution in [0.3, 0.4) is 0 Å². The van der Waals surface area contributed by atoms with Gasteiger partial charge < -0.3 is 10.1 Å². The fourth-order valence-electron chi connectivity index (χ4n) is 2.05. The molecule has 0 heterocycles. The van der Waals surface area contributed by atoms with Crippen LogP contribution < -0.4 is 10.1 Å². The first-order chi connectivity index (χ1) is 10.7. The van der Waals surface area contributed by atoms with Gasteiger partial charge in [0.2, 0.25) is 5.91 Å². The summed E-state index contributed by atoms with van der Waals surface area (Å²) in [5.74, 6) is -0.479. The third-order valence-corrected chi connectivity index (χ3v) is 3.87. The van der Waals surface area contributed by atoms with E-state index in [1.54, 1.807) is 31.0 Å². The number of likely N-dealkylation sites (N-methyl/N-ethyl adjacent to an activating group) is 1. The number of methoxy groups -OCH3 is 1. The number of hydrogen-bond donors (Lipinski definition) is 1. The van der Waals surface area contributed by atoms with Crippen LogP contribution in [0.15, 0.2) is 18.2 Å². The first-order valence-corrected chi connectivity index (χ1v) is 7.45. The molecule has 0 bridgehead atoms. The van der Waals surface area contributed by atoms with Crippen molar-refractivity contribution in [3.8, 4) is 11.8 Å². The van der Waals surface area contributed by atoms with Gasteiger partial charge in [-0.1, -0.05) is 19.9 Å². The van der Waals surface area contributed by atoms with Crippen LogP contribution in [0.1, 0.15) is 26.3 Å². The number of hydrogen-bond acceptors (Lipinski definition) is 4. The van der Waals surface area contributed by atoms with Crippen molar-refractivity contribution in [2.45, 2.75) is 32.9 Å². The van der Waals surface area contributed by atoms with Gasteiger partial charge in [0.1, 0.15) is 5.54 Å². The van der Waals surface area contributed by atoms with Gasteiger partial charge in [-0.25, -0.2) is 4.39 Å². The second kappa shape index (κ2) is 7.93. The Labute approximate surface area is 137 Å². The molecule has 23 heavy (non-hydrogen) atoms. The van der Waals surface area contributed by atoms with Crippen molar-refractivity contribution in [2.75, 3.05) is 20.7 Å². The highest BCUT2D eigenvalue weighted by atomic mass is 19.1. The number of carbonyl (C=O) groups is 1. The van der Waals surface area contributed by atoms with E-state index in [1.165, 1.54) is 13.2 Å². The molecule has 1 N–H and O–H groups in total. The van der Waals surface area contributed by atoms with Crippen LogP contribution in [0.5, 0.6) is 5.75 Å². The van der Waals surface area contributed by atoms with Gasteiger partial charge in [0.25, 0.3) is 0 Å². The fraction of sp³-hybridized carbons (Fsp3) is 0.529. The Morgan fingerprint density at radius 3 is 2.65 bits per heavy atom. The summed E-state index contributed by atoms with van der Waals surface area (Å²) in [4.78, 5) is 13.9. The van der Waals surface area contributed by atoms with Gasteiger partial charge >= 0.3 is 0 Å².